The summed E-state index contributed by atoms with van der Waals surface area (Å²) in [7, 11) is -3.52. The molecule has 0 bridgehead atoms. The van der Waals surface area contributed by atoms with Gasteiger partial charge in [0.05, 0.1) is 18.0 Å². The van der Waals surface area contributed by atoms with E-state index in [-0.39, 0.29) is 24.3 Å². The molecule has 5 heterocycles. The summed E-state index contributed by atoms with van der Waals surface area (Å²) in [5.41, 5.74) is 1.60. The highest BCUT2D eigenvalue weighted by Crippen LogP contribution is 2.32. The van der Waals surface area contributed by atoms with Crippen molar-refractivity contribution < 1.29 is 13.6 Å². The zero-order valence-corrected chi connectivity index (χ0v) is 18.0. The van der Waals surface area contributed by atoms with Gasteiger partial charge in [0.1, 0.15) is 5.82 Å². The van der Waals surface area contributed by atoms with E-state index in [1.165, 1.54) is 15.6 Å². The number of imidazole rings is 1. The number of nitrogens with one attached hydrogen (secondary N) is 1. The minimum Gasteiger partial charge on any atom is -0.592 e. The zero-order valence-electron chi connectivity index (χ0n) is 16.4. The van der Waals surface area contributed by atoms with Crippen LogP contribution in [-0.4, -0.2) is 60.8 Å². The number of hydrogen-bond acceptors (Lipinski definition) is 6. The molecule has 30 heavy (non-hydrogen) atoms. The van der Waals surface area contributed by atoms with E-state index in [9.17, 15) is 13.6 Å². The molecule has 3 atom stereocenters. The van der Waals surface area contributed by atoms with E-state index < -0.39 is 10.4 Å². The summed E-state index contributed by atoms with van der Waals surface area (Å²) >= 11 is 1.22. The van der Waals surface area contributed by atoms with Crippen LogP contribution in [0.2, 0.25) is 0 Å². The number of likely N-dealkylation sites (tertiary alicyclic amines) is 1. The number of carbonyl (C=O) groups is 1. The molecule has 0 saturated carbocycles. The first kappa shape index (κ1) is 19.8. The lowest BCUT2D eigenvalue weighted by molar-refractivity contribution is -0.135. The normalized spacial score (nSPS) is 24.9. The maximum Gasteiger partial charge on any atom is 0.229 e. The molecule has 0 radical (unpaired) electrons. The van der Waals surface area contributed by atoms with Gasteiger partial charge in [-0.1, -0.05) is 15.5 Å². The average molecular weight is 446 g/mol. The predicted octanol–water partition coefficient (Wildman–Crippen LogP) is 2.65. The van der Waals surface area contributed by atoms with Gasteiger partial charge in [0.2, 0.25) is 10.1 Å². The second-order valence-corrected chi connectivity index (χ2v) is 11.0. The van der Waals surface area contributed by atoms with Crippen molar-refractivity contribution in [3.8, 4) is 0 Å². The number of piperidine rings is 1. The first-order valence-electron chi connectivity index (χ1n) is 10.2. The van der Waals surface area contributed by atoms with Gasteiger partial charge in [-0.3, -0.25) is 4.79 Å². The standard InChI is InChI=1S/C20H23N5O3S2/c26-20(15-4-2-9-25(13-15)30(27,28)17-6-3-11-29-17)24-10-7-14(12-24)18-22-16-5-1-8-21-19(16)23-18/h1,3,5-6,8,11,14-15H,2,4,7,9-10,12-13H2,(H-,21,22,23,27,28). The van der Waals surface area contributed by atoms with E-state index in [1.807, 2.05) is 17.0 Å². The van der Waals surface area contributed by atoms with Gasteiger partial charge in [-0.2, -0.15) is 0 Å². The number of sulfonamides is 1. The number of H-pyrrole nitrogens is 1. The fourth-order valence-electron chi connectivity index (χ4n) is 4.40. The Balaban J connectivity index is 1.26. The largest absolute Gasteiger partial charge is 0.592 e. The van der Waals surface area contributed by atoms with Crippen LogP contribution in [0, 0.1) is 5.92 Å². The van der Waals surface area contributed by atoms with Crippen molar-refractivity contribution in [2.75, 3.05) is 26.2 Å². The summed E-state index contributed by atoms with van der Waals surface area (Å²) in [5, 5.41) is 1.76. The maximum absolute atomic E-state index is 13.2. The molecule has 2 saturated heterocycles. The van der Waals surface area contributed by atoms with Crippen molar-refractivity contribution in [1.82, 2.24) is 24.2 Å². The molecule has 0 spiro atoms. The van der Waals surface area contributed by atoms with Crippen molar-refractivity contribution in [2.45, 2.75) is 29.4 Å². The monoisotopic (exact) mass is 445 g/mol. The number of hydrogen-bond donors (Lipinski definition) is 1. The van der Waals surface area contributed by atoms with Crippen LogP contribution in [0.4, 0.5) is 0 Å². The molecule has 2 aliphatic rings. The van der Waals surface area contributed by atoms with Crippen molar-refractivity contribution in [3.63, 3.8) is 0 Å². The highest BCUT2D eigenvalue weighted by atomic mass is 32.3. The summed E-state index contributed by atoms with van der Waals surface area (Å²) in [5.74, 6) is 0.782. The van der Waals surface area contributed by atoms with Crippen LogP contribution >= 0.6 is 11.3 Å². The van der Waals surface area contributed by atoms with Crippen LogP contribution in [0.3, 0.4) is 0 Å². The number of aromatic amines is 1. The van der Waals surface area contributed by atoms with E-state index in [1.54, 1.807) is 23.7 Å². The van der Waals surface area contributed by atoms with Crippen molar-refractivity contribution in [2.24, 2.45) is 5.92 Å². The van der Waals surface area contributed by atoms with Crippen LogP contribution in [0.25, 0.3) is 11.2 Å². The van der Waals surface area contributed by atoms with E-state index in [4.69, 9.17) is 0 Å². The molecule has 5 rings (SSSR count). The molecule has 10 heteroatoms. The molecule has 1 N–H and O–H groups in total. The van der Waals surface area contributed by atoms with E-state index in [2.05, 4.69) is 15.0 Å². The number of amides is 1. The Morgan fingerprint density at radius 3 is 2.93 bits per heavy atom. The summed E-state index contributed by atoms with van der Waals surface area (Å²) < 4.78 is 27.5. The Bertz CT molecular complexity index is 1070. The third-order valence-electron chi connectivity index (χ3n) is 5.98. The van der Waals surface area contributed by atoms with Gasteiger partial charge in [-0.15, -0.1) is 4.31 Å². The number of nitrogens with zero attached hydrogens (tertiary/aromatic N) is 4. The Labute approximate surface area is 179 Å². The number of thiophene rings is 1. The average Bonchev–Trinajstić information content (AvgIpc) is 3.53. The van der Waals surface area contributed by atoms with Crippen LogP contribution < -0.4 is 0 Å². The van der Waals surface area contributed by atoms with E-state index >= 15 is 0 Å². The van der Waals surface area contributed by atoms with Crippen LogP contribution in [-0.2, 0) is 19.4 Å². The summed E-state index contributed by atoms with van der Waals surface area (Å²) in [4.78, 5) is 27.2. The van der Waals surface area contributed by atoms with Crippen molar-refractivity contribution >= 4 is 38.8 Å². The highest BCUT2D eigenvalue weighted by molar-refractivity contribution is 7.97. The first-order valence-corrected chi connectivity index (χ1v) is 12.5. The fourth-order valence-corrected chi connectivity index (χ4v) is 7.07. The van der Waals surface area contributed by atoms with Gasteiger partial charge < -0.3 is 14.4 Å². The highest BCUT2D eigenvalue weighted by Gasteiger charge is 2.40. The Morgan fingerprint density at radius 1 is 1.23 bits per heavy atom. The molecule has 2 fully saturated rings. The van der Waals surface area contributed by atoms with Gasteiger partial charge in [-0.05, 0) is 42.8 Å². The minimum absolute atomic E-state index is 0.0535. The molecule has 0 aromatic carbocycles. The molecule has 2 aliphatic heterocycles. The molecular weight excluding hydrogens is 422 g/mol. The van der Waals surface area contributed by atoms with Crippen molar-refractivity contribution in [1.29, 1.82) is 0 Å². The Hall–Kier alpha value is -2.14. The predicted molar refractivity (Wildman–Crippen MR) is 114 cm³/mol. The lowest BCUT2D eigenvalue weighted by Crippen LogP contribution is -2.48. The zero-order chi connectivity index (χ0) is 20.7. The molecule has 3 unspecified atom stereocenters. The quantitative estimate of drug-likeness (QED) is 0.622. The lowest BCUT2D eigenvalue weighted by atomic mass is 9.98. The van der Waals surface area contributed by atoms with Gasteiger partial charge in [-0.25, -0.2) is 9.97 Å². The van der Waals surface area contributed by atoms with Gasteiger partial charge in [0.15, 0.2) is 16.0 Å². The number of rotatable bonds is 4. The summed E-state index contributed by atoms with van der Waals surface area (Å²) in [6.45, 7) is 2.00. The summed E-state index contributed by atoms with van der Waals surface area (Å²) in [6, 6.07) is 7.18. The summed E-state index contributed by atoms with van der Waals surface area (Å²) in [6.07, 6.45) is 3.99. The number of fused-ring (bicyclic) bond motifs is 1. The molecule has 1 amide bonds. The molecule has 3 aromatic rings. The maximum atomic E-state index is 13.2. The molecule has 3 aromatic heterocycles. The SMILES string of the molecule is O=C(C1CCCN([S+](=O)([O-])c2cccs2)C1)N1CCC(c2nc3ncccc3[nH]2)C1. The fraction of sp³-hybridized carbons (Fsp3) is 0.450. The molecule has 8 nitrogen and oxygen atoms in total. The van der Waals surface area contributed by atoms with E-state index in [0.717, 1.165) is 24.2 Å². The number of pyridine rings is 1. The Morgan fingerprint density at radius 2 is 2.13 bits per heavy atom. The third-order valence-corrected chi connectivity index (χ3v) is 9.22. The second-order valence-electron chi connectivity index (χ2n) is 7.90. The minimum atomic E-state index is -3.52. The smallest absolute Gasteiger partial charge is 0.229 e. The molecule has 158 valence electrons. The van der Waals surface area contributed by atoms with Gasteiger partial charge in [0, 0.05) is 37.8 Å². The molecular formula is C20H23N5O3S2. The first-order chi connectivity index (χ1) is 14.5. The van der Waals surface area contributed by atoms with Gasteiger partial charge >= 0.3 is 0 Å². The number of carbonyl (C=O) groups excluding carboxylic acids is 1. The third kappa shape index (κ3) is 3.58. The molecule has 0 aliphatic carbocycles. The lowest BCUT2D eigenvalue weighted by Gasteiger charge is -2.34. The van der Waals surface area contributed by atoms with Crippen LogP contribution in [0.5, 0.6) is 0 Å². The van der Waals surface area contributed by atoms with Crippen molar-refractivity contribution in [3.05, 3.63) is 41.7 Å². The van der Waals surface area contributed by atoms with Crippen LogP contribution in [0.15, 0.2) is 40.1 Å². The topological polar surface area (TPSA) is 105 Å². The van der Waals surface area contributed by atoms with Gasteiger partial charge in [0.25, 0.3) is 0 Å². The number of aromatic nitrogens is 3. The van der Waals surface area contributed by atoms with E-state index in [0.29, 0.717) is 35.9 Å². The Kier molecular flexibility index (Phi) is 5.18. The second kappa shape index (κ2) is 7.84. The van der Waals surface area contributed by atoms with Crippen LogP contribution in [0.1, 0.15) is 31.0 Å².